The lowest BCUT2D eigenvalue weighted by Gasteiger charge is -1.05. The second-order valence-corrected chi connectivity index (χ2v) is 0.612. The van der Waals surface area contributed by atoms with Gasteiger partial charge in [0.1, 0.15) is 0 Å². The van der Waals surface area contributed by atoms with Gasteiger partial charge in [-0.2, -0.15) is 0 Å². The second-order valence-electron chi connectivity index (χ2n) is 0.204. The summed E-state index contributed by atoms with van der Waals surface area (Å²) in [6, 6.07) is 0. The highest BCUT2D eigenvalue weighted by molar-refractivity contribution is 7.78. The van der Waals surface area contributed by atoms with Gasteiger partial charge in [0.15, 0.2) is 0 Å². The molecule has 0 atom stereocenters. The van der Waals surface area contributed by atoms with E-state index in [0.29, 0.717) is 0 Å². The third-order valence-corrected chi connectivity index (χ3v) is 0. The molecule has 0 rings (SSSR count). The van der Waals surface area contributed by atoms with Crippen molar-refractivity contribution in [2.75, 3.05) is 0 Å². The second kappa shape index (κ2) is 101. The first-order valence-corrected chi connectivity index (χ1v) is 2.22. The summed E-state index contributed by atoms with van der Waals surface area (Å²) in [4.78, 5) is 0. The molecule has 0 saturated carbocycles. The van der Waals surface area contributed by atoms with Crippen molar-refractivity contribution in [3.8, 4) is 0 Å². The number of hydrogen-bond donors (Lipinski definition) is 2. The zero-order valence-corrected chi connectivity index (χ0v) is 5.86. The van der Waals surface area contributed by atoms with Gasteiger partial charge in [-0.1, -0.05) is 0 Å². The number of nitrogens with one attached hydrogen (secondary N) is 2. The van der Waals surface area contributed by atoms with E-state index in [9.17, 15) is 0 Å². The SMILES string of the molecule is C=C.N=C=S.N=C=S. The molecule has 0 fully saturated rings. The highest BCUT2D eigenvalue weighted by atomic mass is 32.1. The van der Waals surface area contributed by atoms with Crippen molar-refractivity contribution < 1.29 is 0 Å². The molecule has 0 saturated heterocycles. The van der Waals surface area contributed by atoms with Gasteiger partial charge in [-0.05, 0) is 24.4 Å². The highest BCUT2D eigenvalue weighted by Gasteiger charge is 0.978. The van der Waals surface area contributed by atoms with Gasteiger partial charge in [-0.3, -0.25) is 0 Å². The highest BCUT2D eigenvalue weighted by Crippen LogP contribution is 1.16. The molecule has 0 aromatic carbocycles. The van der Waals surface area contributed by atoms with Crippen LogP contribution in [-0.4, -0.2) is 10.3 Å². The van der Waals surface area contributed by atoms with Gasteiger partial charge >= 0.3 is 0 Å². The van der Waals surface area contributed by atoms with E-state index < -0.39 is 0 Å². The number of rotatable bonds is 0. The summed E-state index contributed by atoms with van der Waals surface area (Å²) >= 11 is 7.62. The number of hydrogen-bond acceptors (Lipinski definition) is 4. The molecule has 44 valence electrons. The summed E-state index contributed by atoms with van der Waals surface area (Å²) in [7, 11) is 0. The first-order valence-electron chi connectivity index (χ1n) is 1.41. The molecule has 0 radical (unpaired) electrons. The Bertz CT molecular complexity index is 76.2. The van der Waals surface area contributed by atoms with E-state index in [4.69, 9.17) is 10.8 Å². The molecule has 0 spiro atoms. The van der Waals surface area contributed by atoms with E-state index in [1.54, 1.807) is 10.3 Å². The molecule has 0 heterocycles. The Morgan fingerprint density at radius 2 is 1.00 bits per heavy atom. The molecule has 0 amide bonds. The molecular formula is C4H6N2S2. The molecule has 2 nitrogen and oxygen atoms in total. The minimum absolute atomic E-state index is 1.58. The smallest absolute Gasteiger partial charge is 0.0554 e. The molecule has 8 heavy (non-hydrogen) atoms. The third kappa shape index (κ3) is 231. The predicted octanol–water partition coefficient (Wildman–Crippen LogP) is 2.14. The van der Waals surface area contributed by atoms with Crippen LogP contribution in [0.2, 0.25) is 0 Å². The predicted molar refractivity (Wildman–Crippen MR) is 41.9 cm³/mol. The number of isothiocyanates is 2. The van der Waals surface area contributed by atoms with Crippen molar-refractivity contribution in [3.63, 3.8) is 0 Å². The molecule has 0 aliphatic heterocycles. The molecule has 0 aliphatic rings. The summed E-state index contributed by atoms with van der Waals surface area (Å²) in [5.41, 5.74) is 0. The van der Waals surface area contributed by atoms with Crippen LogP contribution < -0.4 is 0 Å². The Morgan fingerprint density at radius 3 is 1.00 bits per heavy atom. The van der Waals surface area contributed by atoms with Gasteiger partial charge in [0.2, 0.25) is 0 Å². The van der Waals surface area contributed by atoms with Crippen LogP contribution in [0, 0.1) is 10.8 Å². The molecule has 0 aromatic rings. The summed E-state index contributed by atoms with van der Waals surface area (Å²) in [6.07, 6.45) is 0. The van der Waals surface area contributed by atoms with Crippen molar-refractivity contribution in [1.29, 1.82) is 10.8 Å². The average molecular weight is 146 g/mol. The lowest BCUT2D eigenvalue weighted by molar-refractivity contribution is 1.61. The molecule has 0 unspecified atom stereocenters. The van der Waals surface area contributed by atoms with Crippen molar-refractivity contribution in [1.82, 2.24) is 0 Å². The Balaban J connectivity index is -0.0000000483. The van der Waals surface area contributed by atoms with Gasteiger partial charge in [0, 0.05) is 0 Å². The maximum absolute atomic E-state index is 5.77. The maximum atomic E-state index is 5.77. The van der Waals surface area contributed by atoms with Crippen molar-refractivity contribution >= 4 is 34.8 Å². The van der Waals surface area contributed by atoms with E-state index in [-0.39, 0.29) is 0 Å². The number of thiocarbonyl (C=S) groups is 2. The summed E-state index contributed by atoms with van der Waals surface area (Å²) in [5.74, 6) is 0. The van der Waals surface area contributed by atoms with E-state index in [1.165, 1.54) is 0 Å². The Kier molecular flexibility index (Phi) is 197. The summed E-state index contributed by atoms with van der Waals surface area (Å²) in [6.45, 7) is 6.00. The van der Waals surface area contributed by atoms with Gasteiger partial charge in [-0.15, -0.1) is 13.2 Å². The first kappa shape index (κ1) is 15.7. The summed E-state index contributed by atoms with van der Waals surface area (Å²) in [5, 5.41) is 14.7. The van der Waals surface area contributed by atoms with Crippen LogP contribution in [0.25, 0.3) is 0 Å². The van der Waals surface area contributed by atoms with E-state index in [0.717, 1.165) is 0 Å². The van der Waals surface area contributed by atoms with Crippen LogP contribution in [0.3, 0.4) is 0 Å². The van der Waals surface area contributed by atoms with Crippen LogP contribution in [0.15, 0.2) is 13.2 Å². The van der Waals surface area contributed by atoms with Gasteiger partial charge in [0.05, 0.1) is 10.3 Å². The zero-order chi connectivity index (χ0) is 7.41. The van der Waals surface area contributed by atoms with E-state index in [2.05, 4.69) is 37.6 Å². The molecular weight excluding hydrogens is 140 g/mol. The van der Waals surface area contributed by atoms with Crippen LogP contribution in [-0.2, 0) is 0 Å². The monoisotopic (exact) mass is 146 g/mol. The maximum Gasteiger partial charge on any atom is 0.0554 e. The van der Waals surface area contributed by atoms with E-state index >= 15 is 0 Å². The van der Waals surface area contributed by atoms with Crippen LogP contribution in [0.5, 0.6) is 0 Å². The fraction of sp³-hybridized carbons (Fsp3) is 0. The lowest BCUT2D eigenvalue weighted by Crippen LogP contribution is -1.03. The standard InChI is InChI=1S/C2H4.2CHNS/c1-2;2*2-1-3/h1-2H2;2*2H. The Morgan fingerprint density at radius 1 is 1.00 bits per heavy atom. The third-order valence-electron chi connectivity index (χ3n) is 0. The fourth-order valence-electron chi connectivity index (χ4n) is 0. The normalized spacial score (nSPS) is 2.50. The van der Waals surface area contributed by atoms with Crippen molar-refractivity contribution in [3.05, 3.63) is 13.2 Å². The Labute approximate surface area is 59.2 Å². The van der Waals surface area contributed by atoms with Crippen molar-refractivity contribution in [2.24, 2.45) is 0 Å². The molecule has 0 aliphatic carbocycles. The Hall–Kier alpha value is -0.660. The van der Waals surface area contributed by atoms with Crippen LogP contribution in [0.1, 0.15) is 0 Å². The molecule has 0 bridgehead atoms. The van der Waals surface area contributed by atoms with Gasteiger partial charge in [-0.25, -0.2) is 10.8 Å². The minimum atomic E-state index is 1.58. The van der Waals surface area contributed by atoms with Crippen molar-refractivity contribution in [2.45, 2.75) is 0 Å². The summed E-state index contributed by atoms with van der Waals surface area (Å²) < 4.78 is 0. The molecule has 2 N–H and O–H groups in total. The lowest BCUT2D eigenvalue weighted by atomic mass is 11.3. The zero-order valence-electron chi connectivity index (χ0n) is 4.23. The largest absolute Gasteiger partial charge is 0.248 e. The quantitative estimate of drug-likeness (QED) is 0.312. The van der Waals surface area contributed by atoms with Crippen LogP contribution in [0.4, 0.5) is 0 Å². The van der Waals surface area contributed by atoms with Gasteiger partial charge in [0.25, 0.3) is 0 Å². The molecule has 4 heteroatoms. The first-order chi connectivity index (χ1) is 3.83. The van der Waals surface area contributed by atoms with Gasteiger partial charge < -0.3 is 0 Å². The fourth-order valence-corrected chi connectivity index (χ4v) is 0. The van der Waals surface area contributed by atoms with E-state index in [1.807, 2.05) is 0 Å². The molecule has 0 aromatic heterocycles. The minimum Gasteiger partial charge on any atom is -0.248 e. The topological polar surface area (TPSA) is 47.7 Å². The van der Waals surface area contributed by atoms with Crippen LogP contribution >= 0.6 is 24.4 Å². The average Bonchev–Trinajstić information content (AvgIpc) is 1.75.